The third-order valence-electron chi connectivity index (χ3n) is 16.0. The second-order valence-corrected chi connectivity index (χ2v) is 19.6. The molecule has 6 aliphatic rings. The Morgan fingerprint density at radius 1 is 0.759 bits per heavy atom. The van der Waals surface area contributed by atoms with Crippen LogP contribution in [0.25, 0.3) is 0 Å². The quantitative estimate of drug-likeness (QED) is 0.133. The van der Waals surface area contributed by atoms with Gasteiger partial charge in [-0.25, -0.2) is 0 Å². The van der Waals surface area contributed by atoms with E-state index in [1.807, 2.05) is 0 Å². The maximum Gasteiger partial charge on any atom is 0.187 e. The second kappa shape index (κ2) is 15.3. The van der Waals surface area contributed by atoms with E-state index < -0.39 is 91.7 Å². The Labute approximate surface area is 321 Å². The summed E-state index contributed by atoms with van der Waals surface area (Å²) in [5.41, 5.74) is 1.01. The lowest BCUT2D eigenvalue weighted by Crippen LogP contribution is -2.71. The number of rotatable bonds is 8. The van der Waals surface area contributed by atoms with Gasteiger partial charge >= 0.3 is 0 Å². The Hall–Kier alpha value is -1.00. The molecule has 6 rings (SSSR count). The van der Waals surface area contributed by atoms with Gasteiger partial charge in [0.1, 0.15) is 42.7 Å². The van der Waals surface area contributed by atoms with Crippen LogP contribution in [0, 0.1) is 45.3 Å². The number of allylic oxidation sites excluding steroid dienone is 4. The molecule has 12 heteroatoms. The fraction of sp³-hybridized carbons (Fsp3) is 0.905. The molecule has 4 saturated carbocycles. The van der Waals surface area contributed by atoms with Crippen LogP contribution in [0.5, 0.6) is 0 Å². The molecule has 310 valence electrons. The molecule has 20 atom stereocenters. The molecule has 0 radical (unpaired) electrons. The van der Waals surface area contributed by atoms with Crippen LogP contribution >= 0.6 is 0 Å². The first-order chi connectivity index (χ1) is 25.1. The van der Waals surface area contributed by atoms with Crippen LogP contribution in [0.1, 0.15) is 107 Å². The standard InChI is InChI=1S/C42H70O12/c1-20(2)11-10-12-21(3)23-13-16-41(8)29(23)24(44)17-27-40(7)15-14-28(45)39(5,6)36(40)25(18-42(27,41)9)52-38-35(33(49)31(47)26(19-43)53-38)54-37-34(50)32(48)30(46)22(4)51-37/h11-12,22-38,43-50H,10,13-19H2,1-9H3/b21-12-/t22-,23+,24+,25-,26+,27+,28-,29-,30-,31+,32+,33-,34-,35+,36-,37+,38?,40+,41+,42+/m0/s1. The number of aliphatic hydroxyl groups is 8. The molecular formula is C42H70O12. The molecule has 1 unspecified atom stereocenters. The highest BCUT2D eigenvalue weighted by Crippen LogP contribution is 2.76. The van der Waals surface area contributed by atoms with E-state index in [4.69, 9.17) is 18.9 Å². The highest BCUT2D eigenvalue weighted by atomic mass is 16.8. The highest BCUT2D eigenvalue weighted by Gasteiger charge is 2.73. The summed E-state index contributed by atoms with van der Waals surface area (Å²) in [7, 11) is 0. The minimum Gasteiger partial charge on any atom is -0.394 e. The lowest BCUT2D eigenvalue weighted by Gasteiger charge is -2.72. The SMILES string of the molecule is CC(C)=CC/C=C(/C)[C@H]1CC[C@]2(C)[C@@H]1[C@H](O)C[C@@H]1[C@@]3(C)CC[C@H](O)C(C)(C)[C@@H]3[C@@H](OC3O[C@H](CO)[C@@H](O)[C@H](O)[C@H]3O[C@H]3O[C@@H](C)[C@H](O)[C@@H](O)[C@@H]3O)C[C@]12C. The van der Waals surface area contributed by atoms with Gasteiger partial charge in [0.2, 0.25) is 0 Å². The van der Waals surface area contributed by atoms with Crippen LogP contribution in [0.15, 0.2) is 23.3 Å². The fourth-order valence-electron chi connectivity index (χ4n) is 12.9. The number of aliphatic hydroxyl groups excluding tert-OH is 8. The summed E-state index contributed by atoms with van der Waals surface area (Å²) in [6.45, 7) is 18.5. The van der Waals surface area contributed by atoms with Crippen molar-refractivity contribution in [1.82, 2.24) is 0 Å². The largest absolute Gasteiger partial charge is 0.394 e. The van der Waals surface area contributed by atoms with Crippen molar-refractivity contribution in [3.05, 3.63) is 23.3 Å². The van der Waals surface area contributed by atoms with Gasteiger partial charge in [-0.3, -0.25) is 0 Å². The van der Waals surface area contributed by atoms with Crippen molar-refractivity contribution in [2.75, 3.05) is 6.61 Å². The zero-order chi connectivity index (χ0) is 39.9. The molecule has 54 heavy (non-hydrogen) atoms. The molecule has 6 fully saturated rings. The Kier molecular flexibility index (Phi) is 12.1. The van der Waals surface area contributed by atoms with Crippen LogP contribution in [0.4, 0.5) is 0 Å². The van der Waals surface area contributed by atoms with Crippen LogP contribution in [-0.4, -0.2) is 127 Å². The third-order valence-corrected chi connectivity index (χ3v) is 16.0. The van der Waals surface area contributed by atoms with Crippen molar-refractivity contribution in [3.63, 3.8) is 0 Å². The maximum atomic E-state index is 12.2. The molecule has 0 aromatic heterocycles. The van der Waals surface area contributed by atoms with Crippen LogP contribution < -0.4 is 0 Å². The zero-order valence-corrected chi connectivity index (χ0v) is 33.8. The van der Waals surface area contributed by atoms with Gasteiger partial charge in [-0.2, -0.15) is 0 Å². The van der Waals surface area contributed by atoms with Crippen molar-refractivity contribution in [2.45, 2.75) is 187 Å². The van der Waals surface area contributed by atoms with E-state index in [2.05, 4.69) is 67.5 Å². The third kappa shape index (κ3) is 6.79. The summed E-state index contributed by atoms with van der Waals surface area (Å²) in [5.74, 6) is 0.165. The van der Waals surface area contributed by atoms with E-state index in [1.54, 1.807) is 0 Å². The summed E-state index contributed by atoms with van der Waals surface area (Å²) in [6.07, 6.45) is -6.05. The average molecular weight is 767 g/mol. The molecule has 0 aromatic rings. The first-order valence-corrected chi connectivity index (χ1v) is 20.4. The summed E-state index contributed by atoms with van der Waals surface area (Å²) in [4.78, 5) is 0. The van der Waals surface area contributed by atoms with Gasteiger partial charge in [0, 0.05) is 0 Å². The summed E-state index contributed by atoms with van der Waals surface area (Å²) in [5, 5.41) is 88.2. The van der Waals surface area contributed by atoms with Gasteiger partial charge in [0.15, 0.2) is 12.6 Å². The van der Waals surface area contributed by atoms with Gasteiger partial charge in [0.25, 0.3) is 0 Å². The molecule has 2 aliphatic heterocycles. The maximum absolute atomic E-state index is 12.2. The molecule has 0 aromatic carbocycles. The topological polar surface area (TPSA) is 199 Å². The molecule has 2 saturated heterocycles. The molecule has 2 heterocycles. The summed E-state index contributed by atoms with van der Waals surface area (Å²) < 4.78 is 25.2. The molecule has 12 nitrogen and oxygen atoms in total. The summed E-state index contributed by atoms with van der Waals surface area (Å²) in [6, 6.07) is 0. The molecule has 0 spiro atoms. The first-order valence-electron chi connectivity index (χ1n) is 20.4. The zero-order valence-electron chi connectivity index (χ0n) is 33.8. The van der Waals surface area contributed by atoms with E-state index in [-0.39, 0.29) is 39.9 Å². The highest BCUT2D eigenvalue weighted by molar-refractivity contribution is 5.24. The van der Waals surface area contributed by atoms with Crippen molar-refractivity contribution < 1.29 is 59.8 Å². The predicted octanol–water partition coefficient (Wildman–Crippen LogP) is 2.95. The van der Waals surface area contributed by atoms with E-state index in [9.17, 15) is 40.9 Å². The number of ether oxygens (including phenoxy) is 4. The van der Waals surface area contributed by atoms with Crippen LogP contribution in [0.3, 0.4) is 0 Å². The van der Waals surface area contributed by atoms with Gasteiger partial charge in [-0.05, 0) is 118 Å². The molecule has 4 aliphatic carbocycles. The Bertz CT molecular complexity index is 1400. The normalized spacial score (nSPS) is 53.3. The fourth-order valence-corrected chi connectivity index (χ4v) is 12.9. The van der Waals surface area contributed by atoms with Gasteiger partial charge < -0.3 is 59.8 Å². The van der Waals surface area contributed by atoms with Gasteiger partial charge in [-0.15, -0.1) is 0 Å². The van der Waals surface area contributed by atoms with Gasteiger partial charge in [-0.1, -0.05) is 57.9 Å². The smallest absolute Gasteiger partial charge is 0.187 e. The molecule has 0 bridgehead atoms. The number of fused-ring (bicyclic) bond motifs is 5. The van der Waals surface area contributed by atoms with E-state index in [1.165, 1.54) is 18.1 Å². The van der Waals surface area contributed by atoms with Crippen molar-refractivity contribution in [2.24, 2.45) is 45.3 Å². The van der Waals surface area contributed by atoms with Crippen LogP contribution in [0.2, 0.25) is 0 Å². The monoisotopic (exact) mass is 766 g/mol. The average Bonchev–Trinajstić information content (AvgIpc) is 3.48. The van der Waals surface area contributed by atoms with E-state index in [0.29, 0.717) is 19.3 Å². The summed E-state index contributed by atoms with van der Waals surface area (Å²) >= 11 is 0. The van der Waals surface area contributed by atoms with Crippen molar-refractivity contribution in [3.8, 4) is 0 Å². The number of hydrogen-bond donors (Lipinski definition) is 8. The predicted molar refractivity (Wildman–Crippen MR) is 199 cm³/mol. The lowest BCUT2D eigenvalue weighted by molar-refractivity contribution is -0.381. The molecule has 0 amide bonds. The minimum absolute atomic E-state index is 0.0381. The second-order valence-electron chi connectivity index (χ2n) is 19.6. The molecule has 8 N–H and O–H groups in total. The number of hydrogen-bond acceptors (Lipinski definition) is 12. The van der Waals surface area contributed by atoms with Crippen molar-refractivity contribution >= 4 is 0 Å². The minimum atomic E-state index is -1.68. The van der Waals surface area contributed by atoms with Crippen LogP contribution in [-0.2, 0) is 18.9 Å². The Morgan fingerprint density at radius 3 is 2.09 bits per heavy atom. The Balaban J connectivity index is 1.39. The van der Waals surface area contributed by atoms with E-state index in [0.717, 1.165) is 25.7 Å². The van der Waals surface area contributed by atoms with Gasteiger partial charge in [0.05, 0.1) is 31.0 Å². The van der Waals surface area contributed by atoms with E-state index >= 15 is 0 Å². The van der Waals surface area contributed by atoms with Crippen molar-refractivity contribution in [1.29, 1.82) is 0 Å². The first kappa shape index (κ1) is 42.6. The lowest BCUT2D eigenvalue weighted by atomic mass is 9.34. The Morgan fingerprint density at radius 2 is 1.44 bits per heavy atom. The molecular weight excluding hydrogens is 696 g/mol.